The van der Waals surface area contributed by atoms with Crippen molar-refractivity contribution in [3.05, 3.63) is 12.2 Å². The van der Waals surface area contributed by atoms with Crippen LogP contribution in [0.2, 0.25) is 0 Å². The molecule has 0 aromatic heterocycles. The molecule has 144 valence electrons. The van der Waals surface area contributed by atoms with E-state index in [1.54, 1.807) is 0 Å². The standard InChI is InChI=1S/C19H38O4S.Na/c1-2-3-16-19(20)17-14-12-10-8-6-4-5-7-9-11-13-15-18-24(21,22)23;/h14,17,19-20H,2-13,15-16,18H2,1H3,(H,21,22,23);/q;+1/p-1/b17-14+;/t19-;/m1./s1. The van der Waals surface area contributed by atoms with Crippen LogP contribution in [0.25, 0.3) is 0 Å². The first kappa shape index (κ1) is 27.8. The number of unbranched alkanes of at least 4 members (excludes halogenated alkanes) is 11. The van der Waals surface area contributed by atoms with Crippen molar-refractivity contribution < 1.29 is 47.6 Å². The zero-order valence-electron chi connectivity index (χ0n) is 16.4. The van der Waals surface area contributed by atoms with Crippen molar-refractivity contribution in [2.45, 2.75) is 103 Å². The van der Waals surface area contributed by atoms with E-state index in [-0.39, 0.29) is 41.4 Å². The fourth-order valence-electron chi connectivity index (χ4n) is 2.72. The van der Waals surface area contributed by atoms with E-state index in [0.29, 0.717) is 6.42 Å². The van der Waals surface area contributed by atoms with E-state index in [1.165, 1.54) is 38.5 Å². The Balaban J connectivity index is 0. The second kappa shape index (κ2) is 19.4. The molecule has 1 atom stereocenters. The van der Waals surface area contributed by atoms with E-state index in [0.717, 1.165) is 44.9 Å². The van der Waals surface area contributed by atoms with Gasteiger partial charge in [0, 0.05) is 5.75 Å². The van der Waals surface area contributed by atoms with Gasteiger partial charge in [0.05, 0.1) is 16.2 Å². The van der Waals surface area contributed by atoms with E-state index in [9.17, 15) is 18.1 Å². The maximum Gasteiger partial charge on any atom is 1.00 e. The van der Waals surface area contributed by atoms with Crippen LogP contribution in [0.15, 0.2) is 12.2 Å². The van der Waals surface area contributed by atoms with Gasteiger partial charge in [-0.2, -0.15) is 0 Å². The fraction of sp³-hybridized carbons (Fsp3) is 0.895. The van der Waals surface area contributed by atoms with Crippen LogP contribution in [0, 0.1) is 0 Å². The number of hydrogen-bond acceptors (Lipinski definition) is 4. The van der Waals surface area contributed by atoms with Crippen LogP contribution in [0.4, 0.5) is 0 Å². The monoisotopic (exact) mass is 384 g/mol. The van der Waals surface area contributed by atoms with Gasteiger partial charge in [0.2, 0.25) is 0 Å². The average Bonchev–Trinajstić information content (AvgIpc) is 2.52. The van der Waals surface area contributed by atoms with Crippen LogP contribution in [-0.4, -0.2) is 29.9 Å². The van der Waals surface area contributed by atoms with Crippen LogP contribution >= 0.6 is 0 Å². The minimum atomic E-state index is -4.02. The van der Waals surface area contributed by atoms with Gasteiger partial charge >= 0.3 is 29.6 Å². The van der Waals surface area contributed by atoms with Crippen molar-refractivity contribution in [2.24, 2.45) is 0 Å². The quantitative estimate of drug-likeness (QED) is 0.180. The van der Waals surface area contributed by atoms with E-state index in [4.69, 9.17) is 0 Å². The van der Waals surface area contributed by atoms with Crippen molar-refractivity contribution in [3.8, 4) is 0 Å². The molecule has 0 radical (unpaired) electrons. The van der Waals surface area contributed by atoms with Gasteiger partial charge in [0.25, 0.3) is 0 Å². The Labute approximate surface area is 177 Å². The molecular formula is C19H37NaO4S. The molecule has 0 aromatic carbocycles. The summed E-state index contributed by atoms with van der Waals surface area (Å²) in [6.07, 6.45) is 18.9. The van der Waals surface area contributed by atoms with Gasteiger partial charge in [-0.05, 0) is 25.7 Å². The SMILES string of the molecule is CCCC[C@@H](O)/C=C/CCCCCCCCCCCCS(=O)(=O)[O-].[Na+]. The second-order valence-corrected chi connectivity index (χ2v) is 8.25. The van der Waals surface area contributed by atoms with Crippen LogP contribution in [-0.2, 0) is 10.1 Å². The first-order valence-electron chi connectivity index (χ1n) is 9.74. The molecular weight excluding hydrogens is 347 g/mol. The topological polar surface area (TPSA) is 77.4 Å². The zero-order chi connectivity index (χ0) is 18.1. The van der Waals surface area contributed by atoms with Gasteiger partial charge in [-0.25, -0.2) is 8.42 Å². The van der Waals surface area contributed by atoms with Gasteiger partial charge in [0.15, 0.2) is 0 Å². The molecule has 0 rings (SSSR count). The number of aliphatic hydroxyl groups is 1. The Morgan fingerprint density at radius 1 is 0.880 bits per heavy atom. The zero-order valence-corrected chi connectivity index (χ0v) is 19.2. The molecule has 0 saturated heterocycles. The molecule has 1 N–H and O–H groups in total. The van der Waals surface area contributed by atoms with Crippen molar-refractivity contribution in [2.75, 3.05) is 5.75 Å². The number of rotatable bonds is 17. The molecule has 0 unspecified atom stereocenters. The molecule has 0 saturated carbocycles. The average molecular weight is 385 g/mol. The number of aliphatic hydroxyl groups excluding tert-OH is 1. The summed E-state index contributed by atoms with van der Waals surface area (Å²) >= 11 is 0. The van der Waals surface area contributed by atoms with Gasteiger partial charge in [-0.15, -0.1) is 0 Å². The smallest absolute Gasteiger partial charge is 0.748 e. The van der Waals surface area contributed by atoms with E-state index < -0.39 is 10.1 Å². The van der Waals surface area contributed by atoms with Gasteiger partial charge in [-0.1, -0.05) is 83.3 Å². The van der Waals surface area contributed by atoms with Crippen molar-refractivity contribution in [3.63, 3.8) is 0 Å². The summed E-state index contributed by atoms with van der Waals surface area (Å²) in [6, 6.07) is 0. The van der Waals surface area contributed by atoms with Gasteiger partial charge in [0.1, 0.15) is 0 Å². The molecule has 6 heteroatoms. The minimum absolute atomic E-state index is 0. The summed E-state index contributed by atoms with van der Waals surface area (Å²) in [5.74, 6) is -0.211. The Bertz CT molecular complexity index is 396. The molecule has 0 heterocycles. The van der Waals surface area contributed by atoms with E-state index >= 15 is 0 Å². The Morgan fingerprint density at radius 3 is 1.84 bits per heavy atom. The summed E-state index contributed by atoms with van der Waals surface area (Å²) in [4.78, 5) is 0. The largest absolute Gasteiger partial charge is 1.00 e. The normalized spacial score (nSPS) is 13.1. The van der Waals surface area contributed by atoms with Crippen LogP contribution in [0.5, 0.6) is 0 Å². The molecule has 0 aliphatic rings. The number of allylic oxidation sites excluding steroid dienone is 1. The summed E-state index contributed by atoms with van der Waals surface area (Å²) in [6.45, 7) is 2.14. The van der Waals surface area contributed by atoms with Crippen molar-refractivity contribution >= 4 is 10.1 Å². The van der Waals surface area contributed by atoms with E-state index in [2.05, 4.69) is 13.0 Å². The minimum Gasteiger partial charge on any atom is -0.748 e. The first-order chi connectivity index (χ1) is 11.5. The first-order valence-corrected chi connectivity index (χ1v) is 11.3. The summed E-state index contributed by atoms with van der Waals surface area (Å²) < 4.78 is 31.3. The Kier molecular flexibility index (Phi) is 21.6. The van der Waals surface area contributed by atoms with E-state index in [1.807, 2.05) is 6.08 Å². The van der Waals surface area contributed by atoms with Gasteiger partial charge in [-0.3, -0.25) is 0 Å². The van der Waals surface area contributed by atoms with Crippen LogP contribution in [0.3, 0.4) is 0 Å². The maximum atomic E-state index is 10.4. The summed E-state index contributed by atoms with van der Waals surface area (Å²) in [5, 5.41) is 9.67. The van der Waals surface area contributed by atoms with Gasteiger partial charge < -0.3 is 9.66 Å². The predicted molar refractivity (Wildman–Crippen MR) is 100 cm³/mol. The molecule has 4 nitrogen and oxygen atoms in total. The Morgan fingerprint density at radius 2 is 1.36 bits per heavy atom. The molecule has 0 aromatic rings. The summed E-state index contributed by atoms with van der Waals surface area (Å²) in [7, 11) is -4.02. The number of hydrogen-bond donors (Lipinski definition) is 1. The predicted octanol–water partition coefficient (Wildman–Crippen LogP) is 1.93. The fourth-order valence-corrected chi connectivity index (χ4v) is 3.28. The molecule has 0 amide bonds. The molecule has 0 bridgehead atoms. The second-order valence-electron chi connectivity index (χ2n) is 6.72. The third kappa shape index (κ3) is 24.6. The molecule has 0 fully saturated rings. The third-order valence-corrected chi connectivity index (χ3v) is 5.02. The molecule has 0 spiro atoms. The van der Waals surface area contributed by atoms with Crippen LogP contribution < -0.4 is 29.6 Å². The molecule has 0 aliphatic carbocycles. The molecule has 25 heavy (non-hydrogen) atoms. The molecule has 0 aliphatic heterocycles. The van der Waals surface area contributed by atoms with Crippen LogP contribution in [0.1, 0.15) is 96.8 Å². The van der Waals surface area contributed by atoms with Crippen molar-refractivity contribution in [1.29, 1.82) is 0 Å². The summed E-state index contributed by atoms with van der Waals surface area (Å²) in [5.41, 5.74) is 0. The Hall–Kier alpha value is 0.610. The van der Waals surface area contributed by atoms with Crippen molar-refractivity contribution in [1.82, 2.24) is 0 Å². The maximum absolute atomic E-state index is 10.4. The third-order valence-electron chi connectivity index (χ3n) is 4.23.